The average Bonchev–Trinajstić information content (AvgIpc) is 3.15. The predicted molar refractivity (Wildman–Crippen MR) is 228 cm³/mol. The monoisotopic (exact) mass is 737 g/mol. The second-order valence-corrected chi connectivity index (χ2v) is 16.6. The van der Waals surface area contributed by atoms with Gasteiger partial charge >= 0.3 is 5.97 Å². The van der Waals surface area contributed by atoms with Gasteiger partial charge in [-0.05, 0) is 12.8 Å². The molecule has 0 heterocycles. The van der Waals surface area contributed by atoms with E-state index in [1.807, 2.05) is 0 Å². The van der Waals surface area contributed by atoms with Crippen molar-refractivity contribution in [3.63, 3.8) is 0 Å². The number of carbonyl (C=O) groups is 1. The predicted octanol–water partition coefficient (Wildman–Crippen LogP) is 15.9. The van der Waals surface area contributed by atoms with Crippen molar-refractivity contribution in [2.45, 2.75) is 283 Å². The van der Waals surface area contributed by atoms with Crippen LogP contribution in [-0.4, -0.2) is 37.0 Å². The van der Waals surface area contributed by atoms with Crippen molar-refractivity contribution < 1.29 is 19.4 Å². The molecule has 0 saturated carbocycles. The Kier molecular flexibility index (Phi) is 46.0. The van der Waals surface area contributed by atoms with E-state index >= 15 is 0 Å². The van der Waals surface area contributed by atoms with Crippen molar-refractivity contribution in [1.29, 1.82) is 0 Å². The maximum Gasteiger partial charge on any atom is 0.306 e. The summed E-state index contributed by atoms with van der Waals surface area (Å²) in [5.74, 6) is -0.192. The molecule has 4 nitrogen and oxygen atoms in total. The molecule has 0 amide bonds. The van der Waals surface area contributed by atoms with Gasteiger partial charge in [0.2, 0.25) is 0 Å². The fourth-order valence-corrected chi connectivity index (χ4v) is 7.57. The van der Waals surface area contributed by atoms with Gasteiger partial charge in [0.05, 0.1) is 13.2 Å². The minimum absolute atomic E-state index is 0.163. The molecule has 0 spiro atoms. The van der Waals surface area contributed by atoms with Gasteiger partial charge in [-0.3, -0.25) is 4.79 Å². The summed E-state index contributed by atoms with van der Waals surface area (Å²) in [6.07, 6.45) is 54.7. The summed E-state index contributed by atoms with van der Waals surface area (Å²) in [6, 6.07) is 0. The van der Waals surface area contributed by atoms with E-state index in [-0.39, 0.29) is 12.6 Å². The molecular weight excluding hydrogens is 641 g/mol. The molecule has 1 N–H and O–H groups in total. The van der Waals surface area contributed by atoms with Crippen LogP contribution in [0, 0.1) is 0 Å². The molecular formula is C48H96O4. The van der Waals surface area contributed by atoms with E-state index in [2.05, 4.69) is 13.8 Å². The van der Waals surface area contributed by atoms with E-state index in [9.17, 15) is 9.90 Å². The van der Waals surface area contributed by atoms with Gasteiger partial charge in [0.25, 0.3) is 0 Å². The number of aliphatic hydroxyl groups excluding tert-OH is 1. The van der Waals surface area contributed by atoms with Crippen LogP contribution in [0.25, 0.3) is 0 Å². The van der Waals surface area contributed by atoms with Crippen molar-refractivity contribution in [3.05, 3.63) is 0 Å². The molecule has 0 fully saturated rings. The summed E-state index contributed by atoms with van der Waals surface area (Å²) in [5.41, 5.74) is 0. The summed E-state index contributed by atoms with van der Waals surface area (Å²) in [6.45, 7) is 5.41. The third-order valence-corrected chi connectivity index (χ3v) is 11.2. The van der Waals surface area contributed by atoms with E-state index in [1.54, 1.807) is 0 Å². The highest BCUT2D eigenvalue weighted by molar-refractivity contribution is 5.69. The molecule has 0 rings (SSSR count). The normalized spacial score (nSPS) is 12.1. The van der Waals surface area contributed by atoms with E-state index in [1.165, 1.54) is 238 Å². The van der Waals surface area contributed by atoms with Gasteiger partial charge in [0, 0.05) is 13.0 Å². The molecule has 0 aliphatic heterocycles. The summed E-state index contributed by atoms with van der Waals surface area (Å²) in [5, 5.41) is 9.62. The van der Waals surface area contributed by atoms with Crippen LogP contribution in [0.15, 0.2) is 0 Å². The van der Waals surface area contributed by atoms with E-state index in [0.29, 0.717) is 19.6 Å². The zero-order valence-electron chi connectivity index (χ0n) is 35.9. The molecule has 0 aromatic heterocycles. The highest BCUT2D eigenvalue weighted by Gasteiger charge is 2.13. The molecule has 4 heteroatoms. The van der Waals surface area contributed by atoms with Crippen molar-refractivity contribution in [3.8, 4) is 0 Å². The Balaban J connectivity index is 3.32. The van der Waals surface area contributed by atoms with Crippen LogP contribution in [-0.2, 0) is 14.3 Å². The SMILES string of the molecule is CCCCCCCCCCCCCCCCCCCCCCCCCCOCC(CO)OC(=O)CCCCCCCCCCCCCCCCCC. The lowest BCUT2D eigenvalue weighted by Gasteiger charge is -2.16. The van der Waals surface area contributed by atoms with Gasteiger partial charge in [-0.2, -0.15) is 0 Å². The van der Waals surface area contributed by atoms with Crippen molar-refractivity contribution in [1.82, 2.24) is 0 Å². The molecule has 1 unspecified atom stereocenters. The first-order valence-corrected chi connectivity index (χ1v) is 24.1. The third kappa shape index (κ3) is 43.8. The molecule has 0 aliphatic carbocycles. The zero-order chi connectivity index (χ0) is 37.7. The van der Waals surface area contributed by atoms with Crippen molar-refractivity contribution >= 4 is 5.97 Å². The second kappa shape index (κ2) is 46.5. The van der Waals surface area contributed by atoms with Gasteiger partial charge in [-0.25, -0.2) is 0 Å². The highest BCUT2D eigenvalue weighted by atomic mass is 16.6. The van der Waals surface area contributed by atoms with Gasteiger partial charge in [0.1, 0.15) is 6.10 Å². The minimum Gasteiger partial charge on any atom is -0.457 e. The molecule has 0 aliphatic rings. The van der Waals surface area contributed by atoms with Gasteiger partial charge < -0.3 is 14.6 Å². The van der Waals surface area contributed by atoms with Gasteiger partial charge in [-0.15, -0.1) is 0 Å². The lowest BCUT2D eigenvalue weighted by atomic mass is 10.0. The van der Waals surface area contributed by atoms with Crippen LogP contribution < -0.4 is 0 Å². The van der Waals surface area contributed by atoms with Crippen LogP contribution in [0.3, 0.4) is 0 Å². The Labute approximate surface area is 327 Å². The smallest absolute Gasteiger partial charge is 0.306 e. The molecule has 0 bridgehead atoms. The Hall–Kier alpha value is -0.610. The number of hydrogen-bond donors (Lipinski definition) is 1. The number of hydrogen-bond acceptors (Lipinski definition) is 4. The van der Waals surface area contributed by atoms with E-state index in [0.717, 1.165) is 19.3 Å². The largest absolute Gasteiger partial charge is 0.457 e. The summed E-state index contributed by atoms with van der Waals surface area (Å²) < 4.78 is 11.2. The van der Waals surface area contributed by atoms with Crippen LogP contribution >= 0.6 is 0 Å². The Morgan fingerprint density at radius 1 is 0.385 bits per heavy atom. The maximum atomic E-state index is 12.2. The molecule has 0 aromatic carbocycles. The number of rotatable bonds is 46. The van der Waals surface area contributed by atoms with E-state index < -0.39 is 6.10 Å². The second-order valence-electron chi connectivity index (χ2n) is 16.6. The average molecular weight is 737 g/mol. The number of ether oxygens (including phenoxy) is 2. The van der Waals surface area contributed by atoms with Crippen LogP contribution in [0.4, 0.5) is 0 Å². The summed E-state index contributed by atoms with van der Waals surface area (Å²) >= 11 is 0. The number of carbonyl (C=O) groups excluding carboxylic acids is 1. The zero-order valence-corrected chi connectivity index (χ0v) is 35.9. The Morgan fingerprint density at radius 2 is 0.635 bits per heavy atom. The quantitative estimate of drug-likeness (QED) is 0.0499. The molecule has 0 radical (unpaired) electrons. The summed E-state index contributed by atoms with van der Waals surface area (Å²) in [4.78, 5) is 12.2. The fraction of sp³-hybridized carbons (Fsp3) is 0.979. The first kappa shape index (κ1) is 51.4. The standard InChI is InChI=1S/C48H96O4/c1-3-5-7-9-11-13-15-17-19-21-22-23-24-25-26-27-28-30-32-34-36-38-40-42-44-51-46-47(45-49)52-48(50)43-41-39-37-35-33-31-29-20-18-16-14-12-10-8-6-4-2/h47,49H,3-46H2,1-2H3. The maximum absolute atomic E-state index is 12.2. The minimum atomic E-state index is -0.525. The first-order valence-electron chi connectivity index (χ1n) is 24.1. The number of aliphatic hydroxyl groups is 1. The summed E-state index contributed by atoms with van der Waals surface area (Å²) in [7, 11) is 0. The number of unbranched alkanes of at least 4 members (excludes halogenated alkanes) is 38. The van der Waals surface area contributed by atoms with Crippen molar-refractivity contribution in [2.24, 2.45) is 0 Å². The van der Waals surface area contributed by atoms with Crippen LogP contribution in [0.1, 0.15) is 277 Å². The third-order valence-electron chi connectivity index (χ3n) is 11.2. The van der Waals surface area contributed by atoms with Crippen LogP contribution in [0.5, 0.6) is 0 Å². The number of esters is 1. The molecule has 1 atom stereocenters. The lowest BCUT2D eigenvalue weighted by Crippen LogP contribution is -2.27. The molecule has 52 heavy (non-hydrogen) atoms. The van der Waals surface area contributed by atoms with Crippen molar-refractivity contribution in [2.75, 3.05) is 19.8 Å². The first-order chi connectivity index (χ1) is 25.7. The topological polar surface area (TPSA) is 55.8 Å². The highest BCUT2D eigenvalue weighted by Crippen LogP contribution is 2.17. The Bertz CT molecular complexity index is 652. The van der Waals surface area contributed by atoms with Gasteiger partial charge in [-0.1, -0.05) is 258 Å². The van der Waals surface area contributed by atoms with E-state index in [4.69, 9.17) is 9.47 Å². The molecule has 0 saturated heterocycles. The Morgan fingerprint density at radius 3 is 0.904 bits per heavy atom. The lowest BCUT2D eigenvalue weighted by molar-refractivity contribution is -0.154. The fourth-order valence-electron chi connectivity index (χ4n) is 7.57. The van der Waals surface area contributed by atoms with Crippen LogP contribution in [0.2, 0.25) is 0 Å². The molecule has 0 aromatic rings. The molecule has 312 valence electrons. The van der Waals surface area contributed by atoms with Gasteiger partial charge in [0.15, 0.2) is 0 Å².